The van der Waals surface area contributed by atoms with Gasteiger partial charge in [0.1, 0.15) is 0 Å². The summed E-state index contributed by atoms with van der Waals surface area (Å²) in [5.41, 5.74) is 2.00. The molecular weight excluding hydrogens is 362 g/mol. The van der Waals surface area contributed by atoms with E-state index in [0.717, 1.165) is 32.2 Å². The summed E-state index contributed by atoms with van der Waals surface area (Å²) in [6.07, 6.45) is 3.56. The Balaban J connectivity index is 1.85. The van der Waals surface area contributed by atoms with Crippen LogP contribution < -0.4 is 14.2 Å². The predicted octanol–water partition coefficient (Wildman–Crippen LogP) is 4.74. The molecule has 0 fully saturated rings. The van der Waals surface area contributed by atoms with Crippen molar-refractivity contribution < 1.29 is 14.2 Å². The number of hydrogen-bond donors (Lipinski definition) is 2. The Labute approximate surface area is 160 Å². The van der Waals surface area contributed by atoms with Crippen molar-refractivity contribution in [2.45, 2.75) is 9.79 Å². The lowest BCUT2D eigenvalue weighted by Crippen LogP contribution is -1.95. The minimum absolute atomic E-state index is 0.578. The molecule has 7 heteroatoms. The van der Waals surface area contributed by atoms with E-state index in [-0.39, 0.29) is 0 Å². The van der Waals surface area contributed by atoms with Gasteiger partial charge in [-0.2, -0.15) is 0 Å². The molecule has 6 nitrogen and oxygen atoms in total. The fourth-order valence-corrected chi connectivity index (χ4v) is 4.13. The van der Waals surface area contributed by atoms with E-state index < -0.39 is 0 Å². The van der Waals surface area contributed by atoms with Crippen molar-refractivity contribution in [2.24, 2.45) is 0 Å². The third-order valence-electron chi connectivity index (χ3n) is 4.25. The van der Waals surface area contributed by atoms with Crippen LogP contribution in [0.5, 0.6) is 17.2 Å². The molecule has 0 unspecified atom stereocenters. The first kappa shape index (κ1) is 17.4. The van der Waals surface area contributed by atoms with Gasteiger partial charge in [-0.3, -0.25) is 0 Å². The molecule has 0 bridgehead atoms. The summed E-state index contributed by atoms with van der Waals surface area (Å²) in [5, 5.41) is 1.13. The molecule has 2 N–H and O–H groups in total. The van der Waals surface area contributed by atoms with Crippen LogP contribution in [0.25, 0.3) is 22.4 Å². The van der Waals surface area contributed by atoms with E-state index >= 15 is 0 Å². The fraction of sp³-hybridized carbons (Fsp3) is 0.150. The minimum Gasteiger partial charge on any atom is -0.493 e. The topological polar surface area (TPSA) is 72.2 Å². The van der Waals surface area contributed by atoms with Crippen molar-refractivity contribution in [3.8, 4) is 28.8 Å². The Morgan fingerprint density at radius 1 is 0.963 bits per heavy atom. The summed E-state index contributed by atoms with van der Waals surface area (Å²) in [5.74, 6) is 2.62. The van der Waals surface area contributed by atoms with Gasteiger partial charge >= 0.3 is 0 Å². The molecule has 0 saturated heterocycles. The van der Waals surface area contributed by atoms with Gasteiger partial charge in [0.25, 0.3) is 0 Å². The van der Waals surface area contributed by atoms with E-state index in [1.165, 1.54) is 0 Å². The highest BCUT2D eigenvalue weighted by atomic mass is 32.2. The molecule has 0 spiro atoms. The van der Waals surface area contributed by atoms with Crippen molar-refractivity contribution in [1.29, 1.82) is 0 Å². The molecule has 2 aromatic carbocycles. The van der Waals surface area contributed by atoms with Crippen molar-refractivity contribution in [3.05, 3.63) is 48.8 Å². The predicted molar refractivity (Wildman–Crippen MR) is 106 cm³/mol. The number of nitrogens with zero attached hydrogens (tertiary/aromatic N) is 1. The number of para-hydroxylation sites is 1. The first-order chi connectivity index (χ1) is 13.2. The van der Waals surface area contributed by atoms with Crippen LogP contribution in [0, 0.1) is 0 Å². The first-order valence-corrected chi connectivity index (χ1v) is 9.15. The second-order valence-electron chi connectivity index (χ2n) is 5.78. The third-order valence-corrected chi connectivity index (χ3v) is 5.35. The molecule has 4 rings (SSSR count). The number of nitrogens with one attached hydrogen (secondary N) is 2. The highest BCUT2D eigenvalue weighted by Crippen LogP contribution is 2.46. The van der Waals surface area contributed by atoms with E-state index in [2.05, 4.69) is 27.1 Å². The van der Waals surface area contributed by atoms with Crippen molar-refractivity contribution in [2.75, 3.05) is 21.3 Å². The fourth-order valence-electron chi connectivity index (χ4n) is 3.02. The normalized spacial score (nSPS) is 10.9. The molecule has 27 heavy (non-hydrogen) atoms. The van der Waals surface area contributed by atoms with Crippen LogP contribution >= 0.6 is 11.8 Å². The average Bonchev–Trinajstić information content (AvgIpc) is 3.35. The average molecular weight is 381 g/mol. The van der Waals surface area contributed by atoms with Gasteiger partial charge in [0.05, 0.1) is 27.0 Å². The minimum atomic E-state index is 0.578. The van der Waals surface area contributed by atoms with Crippen LogP contribution in [0.15, 0.2) is 58.6 Å². The zero-order valence-electron chi connectivity index (χ0n) is 15.2. The number of methoxy groups -OCH3 is 3. The van der Waals surface area contributed by atoms with Crippen molar-refractivity contribution >= 4 is 22.7 Å². The SMILES string of the molecule is COc1cc(Sc2c(-c3ncc[nH]3)[nH]c3ccccc23)cc(OC)c1OC. The lowest BCUT2D eigenvalue weighted by atomic mass is 10.2. The van der Waals surface area contributed by atoms with Crippen LogP contribution in [0.4, 0.5) is 0 Å². The third kappa shape index (κ3) is 3.10. The zero-order valence-corrected chi connectivity index (χ0v) is 16.0. The number of ether oxygens (including phenoxy) is 3. The van der Waals surface area contributed by atoms with E-state index in [1.807, 2.05) is 30.5 Å². The standard InChI is InChI=1S/C20H19N3O3S/c1-24-15-10-12(11-16(25-2)18(15)26-3)27-19-13-6-4-5-7-14(13)23-17(19)20-21-8-9-22-20/h4-11,23H,1-3H3,(H,21,22). The maximum atomic E-state index is 5.48. The number of aromatic nitrogens is 3. The second-order valence-corrected chi connectivity index (χ2v) is 6.86. The number of fused-ring (bicyclic) bond motifs is 1. The highest BCUT2D eigenvalue weighted by Gasteiger charge is 2.19. The summed E-state index contributed by atoms with van der Waals surface area (Å²) >= 11 is 1.62. The highest BCUT2D eigenvalue weighted by molar-refractivity contribution is 7.99. The van der Waals surface area contributed by atoms with E-state index in [0.29, 0.717) is 17.2 Å². The van der Waals surface area contributed by atoms with E-state index in [1.54, 1.807) is 39.3 Å². The molecule has 4 aromatic rings. The Morgan fingerprint density at radius 2 is 1.70 bits per heavy atom. The van der Waals surface area contributed by atoms with Crippen molar-refractivity contribution in [3.63, 3.8) is 0 Å². The Morgan fingerprint density at radius 3 is 2.33 bits per heavy atom. The molecular formula is C20H19N3O3S. The quantitative estimate of drug-likeness (QED) is 0.505. The number of hydrogen-bond acceptors (Lipinski definition) is 5. The summed E-state index contributed by atoms with van der Waals surface area (Å²) in [7, 11) is 4.83. The molecule has 2 aromatic heterocycles. The summed E-state index contributed by atoms with van der Waals surface area (Å²) in [4.78, 5) is 13.1. The molecule has 0 radical (unpaired) electrons. The smallest absolute Gasteiger partial charge is 0.203 e. The van der Waals surface area contributed by atoms with Gasteiger partial charge in [0.15, 0.2) is 17.3 Å². The largest absolute Gasteiger partial charge is 0.493 e. The second kappa shape index (κ2) is 7.28. The monoisotopic (exact) mass is 381 g/mol. The van der Waals surface area contributed by atoms with Gasteiger partial charge in [0.2, 0.25) is 5.75 Å². The molecule has 0 aliphatic rings. The van der Waals surface area contributed by atoms with Crippen LogP contribution in [0.1, 0.15) is 0 Å². The number of rotatable bonds is 6. The number of aromatic amines is 2. The maximum absolute atomic E-state index is 5.48. The van der Waals surface area contributed by atoms with Crippen LogP contribution in [-0.2, 0) is 0 Å². The maximum Gasteiger partial charge on any atom is 0.203 e. The van der Waals surface area contributed by atoms with Gasteiger partial charge in [-0.1, -0.05) is 30.0 Å². The van der Waals surface area contributed by atoms with E-state index in [9.17, 15) is 0 Å². The Bertz CT molecular complexity index is 1050. The van der Waals surface area contributed by atoms with Crippen molar-refractivity contribution in [1.82, 2.24) is 15.0 Å². The summed E-state index contributed by atoms with van der Waals surface area (Å²) in [6, 6.07) is 12.1. The molecule has 0 aliphatic heterocycles. The Hall–Kier alpha value is -3.06. The van der Waals surface area contributed by atoms with Gasteiger partial charge in [-0.05, 0) is 18.2 Å². The number of H-pyrrole nitrogens is 2. The zero-order chi connectivity index (χ0) is 18.8. The molecule has 0 amide bonds. The van der Waals surface area contributed by atoms with Gasteiger partial charge in [0, 0.05) is 33.1 Å². The van der Waals surface area contributed by atoms with E-state index in [4.69, 9.17) is 14.2 Å². The van der Waals surface area contributed by atoms with Gasteiger partial charge in [-0.25, -0.2) is 4.98 Å². The molecule has 0 atom stereocenters. The van der Waals surface area contributed by atoms with Gasteiger partial charge < -0.3 is 24.2 Å². The Kier molecular flexibility index (Phi) is 4.68. The van der Waals surface area contributed by atoms with Crippen LogP contribution in [-0.4, -0.2) is 36.3 Å². The van der Waals surface area contributed by atoms with Crippen LogP contribution in [0.2, 0.25) is 0 Å². The summed E-state index contributed by atoms with van der Waals surface area (Å²) < 4.78 is 16.4. The molecule has 0 saturated carbocycles. The number of benzene rings is 2. The lowest BCUT2D eigenvalue weighted by Gasteiger charge is -2.14. The molecule has 138 valence electrons. The van der Waals surface area contributed by atoms with Gasteiger partial charge in [-0.15, -0.1) is 0 Å². The molecule has 2 heterocycles. The molecule has 0 aliphatic carbocycles. The summed E-state index contributed by atoms with van der Waals surface area (Å²) in [6.45, 7) is 0. The number of imidazole rings is 1. The first-order valence-electron chi connectivity index (χ1n) is 8.33. The lowest BCUT2D eigenvalue weighted by molar-refractivity contribution is 0.323. The van der Waals surface area contributed by atoms with Crippen LogP contribution in [0.3, 0.4) is 0 Å².